The van der Waals surface area contributed by atoms with Crippen LogP contribution in [0, 0.1) is 6.92 Å². The predicted molar refractivity (Wildman–Crippen MR) is 65.2 cm³/mol. The molecule has 2 heterocycles. The summed E-state index contributed by atoms with van der Waals surface area (Å²) in [6.07, 6.45) is 4.37. The maximum Gasteiger partial charge on any atom is 0.0642 e. The fourth-order valence-corrected chi connectivity index (χ4v) is 2.61. The highest BCUT2D eigenvalue weighted by Gasteiger charge is 2.32. The number of likely N-dealkylation sites (N-methyl/N-ethyl adjacent to an activating group) is 1. The molecule has 0 spiro atoms. The molecule has 1 fully saturated rings. The summed E-state index contributed by atoms with van der Waals surface area (Å²) < 4.78 is 2.05. The molecule has 2 unspecified atom stereocenters. The zero-order valence-corrected chi connectivity index (χ0v) is 10.5. The number of hydrogen-bond acceptors (Lipinski definition) is 3. The molecule has 90 valence electrons. The molecule has 0 bridgehead atoms. The lowest BCUT2D eigenvalue weighted by atomic mass is 10.0. The van der Waals surface area contributed by atoms with Crippen molar-refractivity contribution in [1.82, 2.24) is 14.7 Å². The van der Waals surface area contributed by atoms with E-state index in [4.69, 9.17) is 5.73 Å². The first kappa shape index (κ1) is 11.6. The van der Waals surface area contributed by atoms with Crippen molar-refractivity contribution in [3.8, 4) is 0 Å². The van der Waals surface area contributed by atoms with E-state index in [0.717, 1.165) is 31.6 Å². The zero-order valence-electron chi connectivity index (χ0n) is 10.5. The van der Waals surface area contributed by atoms with E-state index in [1.807, 2.05) is 4.68 Å². The zero-order chi connectivity index (χ0) is 11.7. The SMILES string of the molecule is CCCn1cc(C2C(N)CCN2C)c(C)n1. The van der Waals surface area contributed by atoms with Crippen molar-refractivity contribution in [1.29, 1.82) is 0 Å². The number of aromatic nitrogens is 2. The molecule has 0 amide bonds. The Labute approximate surface area is 97.4 Å². The van der Waals surface area contributed by atoms with Gasteiger partial charge in [0.05, 0.1) is 11.7 Å². The average molecular weight is 222 g/mol. The smallest absolute Gasteiger partial charge is 0.0642 e. The summed E-state index contributed by atoms with van der Waals surface area (Å²) in [5.41, 5.74) is 8.61. The van der Waals surface area contributed by atoms with E-state index in [9.17, 15) is 0 Å². The van der Waals surface area contributed by atoms with Crippen molar-refractivity contribution in [2.75, 3.05) is 13.6 Å². The molecule has 0 aliphatic carbocycles. The predicted octanol–water partition coefficient (Wildman–Crippen LogP) is 1.31. The van der Waals surface area contributed by atoms with Gasteiger partial charge < -0.3 is 5.73 Å². The first-order valence-corrected chi connectivity index (χ1v) is 6.13. The molecule has 0 radical (unpaired) electrons. The first-order chi connectivity index (χ1) is 7.63. The Bertz CT molecular complexity index is 348. The maximum atomic E-state index is 6.17. The normalized spacial score (nSPS) is 26.5. The second kappa shape index (κ2) is 4.55. The number of nitrogens with two attached hydrogens (primary N) is 1. The third-order valence-electron chi connectivity index (χ3n) is 3.45. The van der Waals surface area contributed by atoms with Gasteiger partial charge in [-0.25, -0.2) is 0 Å². The Hall–Kier alpha value is -0.870. The summed E-state index contributed by atoms with van der Waals surface area (Å²) in [6, 6.07) is 0.605. The second-order valence-corrected chi connectivity index (χ2v) is 4.81. The Morgan fingerprint density at radius 1 is 1.56 bits per heavy atom. The Morgan fingerprint density at radius 2 is 2.31 bits per heavy atom. The van der Waals surface area contributed by atoms with Gasteiger partial charge in [0, 0.05) is 30.9 Å². The van der Waals surface area contributed by atoms with Gasteiger partial charge in [-0.3, -0.25) is 9.58 Å². The van der Waals surface area contributed by atoms with Gasteiger partial charge in [0.25, 0.3) is 0 Å². The lowest BCUT2D eigenvalue weighted by Crippen LogP contribution is -2.29. The topological polar surface area (TPSA) is 47.1 Å². The van der Waals surface area contributed by atoms with E-state index in [1.54, 1.807) is 0 Å². The molecule has 2 rings (SSSR count). The number of aryl methyl sites for hydroxylation is 2. The van der Waals surface area contributed by atoms with E-state index in [0.29, 0.717) is 6.04 Å². The summed E-state index contributed by atoms with van der Waals surface area (Å²) in [5.74, 6) is 0. The molecule has 2 N–H and O–H groups in total. The van der Waals surface area contributed by atoms with Crippen molar-refractivity contribution in [3.63, 3.8) is 0 Å². The molecule has 4 heteroatoms. The van der Waals surface area contributed by atoms with Crippen LogP contribution in [0.2, 0.25) is 0 Å². The number of rotatable bonds is 3. The van der Waals surface area contributed by atoms with Crippen molar-refractivity contribution in [3.05, 3.63) is 17.5 Å². The molecule has 2 atom stereocenters. The van der Waals surface area contributed by atoms with Gasteiger partial charge in [-0.15, -0.1) is 0 Å². The van der Waals surface area contributed by atoms with Crippen LogP contribution in [0.3, 0.4) is 0 Å². The van der Waals surface area contributed by atoms with Gasteiger partial charge in [0.15, 0.2) is 0 Å². The third-order valence-corrected chi connectivity index (χ3v) is 3.45. The van der Waals surface area contributed by atoms with Gasteiger partial charge >= 0.3 is 0 Å². The largest absolute Gasteiger partial charge is 0.326 e. The van der Waals surface area contributed by atoms with Crippen LogP contribution in [-0.2, 0) is 6.54 Å². The van der Waals surface area contributed by atoms with Crippen molar-refractivity contribution in [2.45, 2.75) is 45.3 Å². The van der Waals surface area contributed by atoms with E-state index in [2.05, 4.69) is 37.1 Å². The highest BCUT2D eigenvalue weighted by Crippen LogP contribution is 2.31. The molecule has 0 saturated carbocycles. The van der Waals surface area contributed by atoms with Gasteiger partial charge in [-0.2, -0.15) is 5.10 Å². The summed E-state index contributed by atoms with van der Waals surface area (Å²) in [6.45, 7) is 6.33. The molecule has 0 aromatic carbocycles. The van der Waals surface area contributed by atoms with Crippen LogP contribution in [0.5, 0.6) is 0 Å². The van der Waals surface area contributed by atoms with Crippen LogP contribution < -0.4 is 5.73 Å². The molecule has 1 aliphatic rings. The van der Waals surface area contributed by atoms with E-state index in [-0.39, 0.29) is 6.04 Å². The summed E-state index contributed by atoms with van der Waals surface area (Å²) in [4.78, 5) is 2.34. The van der Waals surface area contributed by atoms with E-state index >= 15 is 0 Å². The van der Waals surface area contributed by atoms with Gasteiger partial charge in [0.1, 0.15) is 0 Å². The highest BCUT2D eigenvalue weighted by molar-refractivity contribution is 5.23. The molecular weight excluding hydrogens is 200 g/mol. The molecule has 1 saturated heterocycles. The second-order valence-electron chi connectivity index (χ2n) is 4.81. The summed E-state index contributed by atoms with van der Waals surface area (Å²) >= 11 is 0. The fourth-order valence-electron chi connectivity index (χ4n) is 2.61. The fraction of sp³-hybridized carbons (Fsp3) is 0.750. The summed E-state index contributed by atoms with van der Waals surface area (Å²) in [7, 11) is 2.15. The van der Waals surface area contributed by atoms with Crippen molar-refractivity contribution < 1.29 is 0 Å². The van der Waals surface area contributed by atoms with Crippen LogP contribution in [0.15, 0.2) is 6.20 Å². The van der Waals surface area contributed by atoms with Gasteiger partial charge in [-0.1, -0.05) is 6.92 Å². The third kappa shape index (κ3) is 1.99. The van der Waals surface area contributed by atoms with Crippen molar-refractivity contribution >= 4 is 0 Å². The lowest BCUT2D eigenvalue weighted by molar-refractivity contribution is 0.303. The Kier molecular flexibility index (Phi) is 3.30. The Balaban J connectivity index is 2.25. The number of likely N-dealkylation sites (tertiary alicyclic amines) is 1. The highest BCUT2D eigenvalue weighted by atomic mass is 15.3. The standard InChI is InChI=1S/C12H22N4/c1-4-6-16-8-10(9(2)14-16)12-11(13)5-7-15(12)3/h8,11-12H,4-7,13H2,1-3H3. The number of nitrogens with zero attached hydrogens (tertiary/aromatic N) is 3. The molecule has 4 nitrogen and oxygen atoms in total. The molecule has 1 aliphatic heterocycles. The van der Waals surface area contributed by atoms with Crippen LogP contribution in [-0.4, -0.2) is 34.3 Å². The molecule has 16 heavy (non-hydrogen) atoms. The molecule has 1 aromatic rings. The molecule has 1 aromatic heterocycles. The minimum absolute atomic E-state index is 0.253. The molecular formula is C12H22N4. The van der Waals surface area contributed by atoms with Crippen LogP contribution in [0.4, 0.5) is 0 Å². The number of hydrogen-bond donors (Lipinski definition) is 1. The van der Waals surface area contributed by atoms with Crippen molar-refractivity contribution in [2.24, 2.45) is 5.73 Å². The van der Waals surface area contributed by atoms with E-state index < -0.39 is 0 Å². The van der Waals surface area contributed by atoms with Gasteiger partial charge in [-0.05, 0) is 26.8 Å². The summed E-state index contributed by atoms with van der Waals surface area (Å²) in [5, 5.41) is 4.55. The monoisotopic (exact) mass is 222 g/mol. The maximum absolute atomic E-state index is 6.17. The lowest BCUT2D eigenvalue weighted by Gasteiger charge is -2.22. The minimum atomic E-state index is 0.253. The van der Waals surface area contributed by atoms with Gasteiger partial charge in [0.2, 0.25) is 0 Å². The van der Waals surface area contributed by atoms with Crippen LogP contribution >= 0.6 is 0 Å². The Morgan fingerprint density at radius 3 is 2.88 bits per heavy atom. The first-order valence-electron chi connectivity index (χ1n) is 6.13. The van der Waals surface area contributed by atoms with Crippen LogP contribution in [0.25, 0.3) is 0 Å². The minimum Gasteiger partial charge on any atom is -0.326 e. The quantitative estimate of drug-likeness (QED) is 0.838. The van der Waals surface area contributed by atoms with E-state index in [1.165, 1.54) is 5.56 Å². The average Bonchev–Trinajstić information content (AvgIpc) is 2.72. The van der Waals surface area contributed by atoms with Crippen LogP contribution in [0.1, 0.15) is 37.1 Å².